The third kappa shape index (κ3) is 2.31. The van der Waals surface area contributed by atoms with Gasteiger partial charge in [0, 0.05) is 21.7 Å². The van der Waals surface area contributed by atoms with Crippen LogP contribution in [0.2, 0.25) is 5.31 Å². The zero-order valence-corrected chi connectivity index (χ0v) is 16.2. The summed E-state index contributed by atoms with van der Waals surface area (Å²) in [6.07, 6.45) is 0. The van der Waals surface area contributed by atoms with Gasteiger partial charge < -0.3 is 9.07 Å². The van der Waals surface area contributed by atoms with Crippen molar-refractivity contribution >= 4 is 34.3 Å². The smallest absolute Gasteiger partial charge is 0.336 e. The molecule has 1 aromatic heterocycles. The minimum absolute atomic E-state index is 0.0643. The van der Waals surface area contributed by atoms with Crippen LogP contribution in [-0.4, -0.2) is 12.5 Å². The summed E-state index contributed by atoms with van der Waals surface area (Å²) in [4.78, 5) is 0. The Morgan fingerprint density at radius 1 is 0.741 bits per heavy atom. The standard InChI is InChI=1S/C24H23BO2/c1-23(2)24(3,4)27-25(23)19-11-8-12-20-22(19)18-14-13-17(15-21(18)26-20)16-9-6-5-7-10-16/h5-15H,1-4H3. The van der Waals surface area contributed by atoms with Crippen molar-refractivity contribution in [2.45, 2.75) is 38.6 Å². The Hall–Kier alpha value is -2.52. The molecule has 0 atom stereocenters. The number of furan rings is 1. The molecule has 2 nitrogen and oxygen atoms in total. The molecule has 0 radical (unpaired) electrons. The van der Waals surface area contributed by atoms with Crippen LogP contribution in [0.5, 0.6) is 0 Å². The van der Waals surface area contributed by atoms with Crippen LogP contribution in [0.25, 0.3) is 33.1 Å². The Bertz CT molecular complexity index is 1160. The van der Waals surface area contributed by atoms with Gasteiger partial charge in [-0.1, -0.05) is 62.4 Å². The molecule has 0 N–H and O–H groups in total. The predicted molar refractivity (Wildman–Crippen MR) is 114 cm³/mol. The molecule has 0 spiro atoms. The molecule has 0 amide bonds. The molecule has 3 heteroatoms. The molecule has 5 rings (SSSR count). The predicted octanol–water partition coefficient (Wildman–Crippen LogP) is 6.04. The fourth-order valence-corrected chi connectivity index (χ4v) is 4.19. The Balaban J connectivity index is 1.69. The maximum absolute atomic E-state index is 6.31. The minimum atomic E-state index is -0.125. The molecule has 2 heterocycles. The Morgan fingerprint density at radius 3 is 2.22 bits per heavy atom. The summed E-state index contributed by atoms with van der Waals surface area (Å²) in [6, 6.07) is 23.2. The van der Waals surface area contributed by atoms with Gasteiger partial charge in [-0.2, -0.15) is 0 Å². The molecule has 1 saturated heterocycles. The van der Waals surface area contributed by atoms with Gasteiger partial charge in [0.1, 0.15) is 11.2 Å². The molecule has 0 unspecified atom stereocenters. The van der Waals surface area contributed by atoms with Gasteiger partial charge in [-0.25, -0.2) is 0 Å². The van der Waals surface area contributed by atoms with Crippen molar-refractivity contribution in [1.82, 2.24) is 0 Å². The van der Waals surface area contributed by atoms with E-state index in [0.717, 1.165) is 16.6 Å². The van der Waals surface area contributed by atoms with Crippen LogP contribution >= 0.6 is 0 Å². The van der Waals surface area contributed by atoms with Crippen LogP contribution in [0.1, 0.15) is 27.7 Å². The number of rotatable bonds is 2. The zero-order valence-electron chi connectivity index (χ0n) is 16.2. The van der Waals surface area contributed by atoms with E-state index in [2.05, 4.69) is 88.4 Å². The lowest BCUT2D eigenvalue weighted by atomic mass is 9.32. The molecule has 1 aliphatic rings. The van der Waals surface area contributed by atoms with Crippen molar-refractivity contribution in [1.29, 1.82) is 0 Å². The van der Waals surface area contributed by atoms with E-state index in [4.69, 9.17) is 9.07 Å². The second-order valence-electron chi connectivity index (χ2n) is 8.63. The van der Waals surface area contributed by atoms with Gasteiger partial charge in [-0.3, -0.25) is 0 Å². The van der Waals surface area contributed by atoms with Gasteiger partial charge in [-0.15, -0.1) is 0 Å². The van der Waals surface area contributed by atoms with Crippen LogP contribution in [0.15, 0.2) is 71.1 Å². The summed E-state index contributed by atoms with van der Waals surface area (Å²) >= 11 is 0. The molecule has 1 fully saturated rings. The lowest BCUT2D eigenvalue weighted by Gasteiger charge is -2.57. The highest BCUT2D eigenvalue weighted by atomic mass is 16.5. The van der Waals surface area contributed by atoms with Crippen molar-refractivity contribution in [2.75, 3.05) is 0 Å². The molecular formula is C24H23BO2. The van der Waals surface area contributed by atoms with Crippen LogP contribution < -0.4 is 5.46 Å². The fraction of sp³-hybridized carbons (Fsp3) is 0.250. The topological polar surface area (TPSA) is 22.4 Å². The van der Waals surface area contributed by atoms with E-state index >= 15 is 0 Å². The van der Waals surface area contributed by atoms with E-state index < -0.39 is 0 Å². The first-order valence-corrected chi connectivity index (χ1v) is 9.57. The molecule has 134 valence electrons. The Morgan fingerprint density at radius 2 is 1.52 bits per heavy atom. The largest absolute Gasteiger partial charge is 0.456 e. The van der Waals surface area contributed by atoms with Gasteiger partial charge in [0.25, 0.3) is 0 Å². The second-order valence-corrected chi connectivity index (χ2v) is 8.63. The van der Waals surface area contributed by atoms with Gasteiger partial charge >= 0.3 is 6.92 Å². The molecule has 0 saturated carbocycles. The molecule has 4 aromatic rings. The molecule has 27 heavy (non-hydrogen) atoms. The number of benzene rings is 3. The third-order valence-corrected chi connectivity index (χ3v) is 6.54. The second kappa shape index (κ2) is 5.49. The summed E-state index contributed by atoms with van der Waals surface area (Å²) < 4.78 is 12.5. The lowest BCUT2D eigenvalue weighted by Crippen LogP contribution is -2.66. The Kier molecular flexibility index (Phi) is 3.39. The normalized spacial score (nSPS) is 18.0. The highest BCUT2D eigenvalue weighted by molar-refractivity contribution is 6.75. The van der Waals surface area contributed by atoms with E-state index in [1.54, 1.807) is 0 Å². The van der Waals surface area contributed by atoms with Crippen LogP contribution in [0.4, 0.5) is 0 Å². The highest BCUT2D eigenvalue weighted by Crippen LogP contribution is 2.53. The van der Waals surface area contributed by atoms with Gasteiger partial charge in [-0.05, 0) is 48.6 Å². The molecule has 0 bridgehead atoms. The first kappa shape index (κ1) is 16.6. The van der Waals surface area contributed by atoms with Crippen molar-refractivity contribution in [3.8, 4) is 11.1 Å². The first-order chi connectivity index (χ1) is 12.9. The summed E-state index contributed by atoms with van der Waals surface area (Å²) in [7, 11) is 0. The van der Waals surface area contributed by atoms with E-state index in [1.807, 2.05) is 6.07 Å². The summed E-state index contributed by atoms with van der Waals surface area (Å²) in [5.41, 5.74) is 5.32. The molecule has 0 aliphatic carbocycles. The minimum Gasteiger partial charge on any atom is -0.456 e. The number of hydrogen-bond acceptors (Lipinski definition) is 2. The molecule has 3 aromatic carbocycles. The van der Waals surface area contributed by atoms with Crippen LogP contribution in [0, 0.1) is 0 Å². The average Bonchev–Trinajstić information content (AvgIpc) is 3.05. The van der Waals surface area contributed by atoms with Crippen molar-refractivity contribution in [3.63, 3.8) is 0 Å². The van der Waals surface area contributed by atoms with Gasteiger partial charge in [0.05, 0.1) is 0 Å². The van der Waals surface area contributed by atoms with Crippen LogP contribution in [-0.2, 0) is 4.65 Å². The molecule has 1 aliphatic heterocycles. The van der Waals surface area contributed by atoms with E-state index in [9.17, 15) is 0 Å². The summed E-state index contributed by atoms with van der Waals surface area (Å²) in [5.74, 6) is 0. The monoisotopic (exact) mass is 354 g/mol. The third-order valence-electron chi connectivity index (χ3n) is 6.54. The van der Waals surface area contributed by atoms with Crippen LogP contribution in [0.3, 0.4) is 0 Å². The highest BCUT2D eigenvalue weighted by Gasteiger charge is 2.59. The van der Waals surface area contributed by atoms with Crippen molar-refractivity contribution < 1.29 is 9.07 Å². The summed E-state index contributed by atoms with van der Waals surface area (Å²) in [5, 5.41) is 2.40. The maximum Gasteiger partial charge on any atom is 0.336 e. The SMILES string of the molecule is CC1(C)OB(c2cccc3oc4cc(-c5ccccc5)ccc4c23)C1(C)C. The summed E-state index contributed by atoms with van der Waals surface area (Å²) in [6.45, 7) is 8.99. The lowest BCUT2D eigenvalue weighted by molar-refractivity contribution is -0.00927. The first-order valence-electron chi connectivity index (χ1n) is 9.57. The Labute approximate surface area is 160 Å². The maximum atomic E-state index is 6.31. The van der Waals surface area contributed by atoms with E-state index in [1.165, 1.54) is 22.0 Å². The quantitative estimate of drug-likeness (QED) is 0.410. The zero-order chi connectivity index (χ0) is 18.8. The number of fused-ring (bicyclic) bond motifs is 3. The van der Waals surface area contributed by atoms with Crippen molar-refractivity contribution in [3.05, 3.63) is 66.7 Å². The average molecular weight is 354 g/mol. The van der Waals surface area contributed by atoms with E-state index in [-0.39, 0.29) is 17.8 Å². The number of hydrogen-bond donors (Lipinski definition) is 0. The van der Waals surface area contributed by atoms with Gasteiger partial charge in [0.2, 0.25) is 0 Å². The van der Waals surface area contributed by atoms with E-state index in [0.29, 0.717) is 0 Å². The molecular weight excluding hydrogens is 331 g/mol. The van der Waals surface area contributed by atoms with Crippen molar-refractivity contribution in [2.24, 2.45) is 0 Å². The fourth-order valence-electron chi connectivity index (χ4n) is 4.19. The van der Waals surface area contributed by atoms with Gasteiger partial charge in [0.15, 0.2) is 0 Å².